The molecule has 11 heteroatoms. The molecule has 0 aliphatic heterocycles. The number of anilines is 1. The van der Waals surface area contributed by atoms with Crippen molar-refractivity contribution in [3.63, 3.8) is 0 Å². The Labute approximate surface area is 199 Å². The normalized spacial score (nSPS) is 26.5. The summed E-state index contributed by atoms with van der Waals surface area (Å²) < 4.78 is 66.5. The molecule has 2 bridgehead atoms. The number of benzene rings is 2. The van der Waals surface area contributed by atoms with E-state index < -0.39 is 38.8 Å². The van der Waals surface area contributed by atoms with Crippen molar-refractivity contribution >= 4 is 33.0 Å². The monoisotopic (exact) mass is 517 g/mol. The van der Waals surface area contributed by atoms with Gasteiger partial charge in [-0.1, -0.05) is 11.6 Å². The Bertz CT molecular complexity index is 1200. The van der Waals surface area contributed by atoms with E-state index in [1.165, 1.54) is 12.1 Å². The zero-order valence-corrected chi connectivity index (χ0v) is 19.5. The fourth-order valence-corrected chi connectivity index (χ4v) is 7.64. The highest BCUT2D eigenvalue weighted by molar-refractivity contribution is 7.91. The molecule has 0 aromatic heterocycles. The van der Waals surface area contributed by atoms with Gasteiger partial charge in [0.25, 0.3) is 5.91 Å². The molecule has 2 atom stereocenters. The number of aliphatic hydroxyl groups excluding tert-OH is 1. The van der Waals surface area contributed by atoms with Gasteiger partial charge in [-0.05, 0) is 61.6 Å². The number of carbonyl (C=O) groups is 1. The molecule has 184 valence electrons. The number of aliphatic hydroxyl groups is 2. The second kappa shape index (κ2) is 9.14. The third kappa shape index (κ3) is 4.82. The Balaban J connectivity index is 1.55. The number of amides is 1. The van der Waals surface area contributed by atoms with Gasteiger partial charge in [0.05, 0.1) is 27.9 Å². The van der Waals surface area contributed by atoms with Crippen LogP contribution >= 0.6 is 11.6 Å². The molecule has 2 unspecified atom stereocenters. The van der Waals surface area contributed by atoms with Crippen LogP contribution in [0, 0.1) is 35.2 Å². The van der Waals surface area contributed by atoms with Gasteiger partial charge in [-0.15, -0.1) is 0 Å². The predicted octanol–water partition coefficient (Wildman–Crippen LogP) is 3.94. The molecule has 3 N–H and O–H groups in total. The average Bonchev–Trinajstić information content (AvgIpc) is 3.00. The van der Waals surface area contributed by atoms with Crippen molar-refractivity contribution in [3.05, 3.63) is 58.4 Å². The summed E-state index contributed by atoms with van der Waals surface area (Å²) in [6.45, 7) is -0.371. The maximum Gasteiger partial charge on any atom is 0.255 e. The van der Waals surface area contributed by atoms with Gasteiger partial charge in [-0.3, -0.25) is 4.79 Å². The highest BCUT2D eigenvalue weighted by Crippen LogP contribution is 2.51. The molecule has 6 nitrogen and oxygen atoms in total. The number of fused-ring (bicyclic) bond motifs is 2. The molecule has 4 rings (SSSR count). The van der Waals surface area contributed by atoms with E-state index in [9.17, 15) is 36.6 Å². The van der Waals surface area contributed by atoms with Crippen LogP contribution in [0.15, 0.2) is 35.2 Å². The van der Waals surface area contributed by atoms with Crippen LogP contribution < -0.4 is 5.32 Å². The molecule has 2 saturated carbocycles. The first-order chi connectivity index (χ1) is 15.9. The fraction of sp³-hybridized carbons (Fsp3) is 0.435. The standard InChI is InChI=1S/C23H23ClF3NO5S/c24-17-4-3-12(22(30)28-15-6-18(25)21(27)19(26)7-15)5-20(17)34(32,33)10-16-13-1-2-14(16)9-23(31,8-13)11-29/h3-7,13-14,16,29,31H,1-2,8-11H2,(H,28,30)/t13?,14?,16-,23+. The van der Waals surface area contributed by atoms with E-state index in [2.05, 4.69) is 5.32 Å². The van der Waals surface area contributed by atoms with E-state index in [0.29, 0.717) is 25.0 Å². The molecule has 2 aromatic rings. The molecule has 2 aromatic carbocycles. The largest absolute Gasteiger partial charge is 0.393 e. The lowest BCUT2D eigenvalue weighted by Gasteiger charge is -2.40. The van der Waals surface area contributed by atoms with Crippen molar-refractivity contribution in [2.24, 2.45) is 17.8 Å². The van der Waals surface area contributed by atoms with Crippen LogP contribution in [-0.4, -0.2) is 42.5 Å². The summed E-state index contributed by atoms with van der Waals surface area (Å²) in [5, 5.41) is 22.1. The van der Waals surface area contributed by atoms with Crippen LogP contribution in [0.25, 0.3) is 0 Å². The molecule has 2 aliphatic carbocycles. The van der Waals surface area contributed by atoms with Gasteiger partial charge in [0.2, 0.25) is 0 Å². The van der Waals surface area contributed by atoms with E-state index in [1.54, 1.807) is 0 Å². The quantitative estimate of drug-likeness (QED) is 0.504. The zero-order valence-electron chi connectivity index (χ0n) is 17.9. The van der Waals surface area contributed by atoms with Crippen molar-refractivity contribution in [3.8, 4) is 0 Å². The molecule has 1 amide bonds. The van der Waals surface area contributed by atoms with Crippen LogP contribution in [0.2, 0.25) is 5.02 Å². The van der Waals surface area contributed by atoms with Crippen LogP contribution in [0.5, 0.6) is 0 Å². The fourth-order valence-electron chi connectivity index (χ4n) is 5.27. The first kappa shape index (κ1) is 25.0. The first-order valence-corrected chi connectivity index (χ1v) is 12.8. The van der Waals surface area contributed by atoms with E-state index in [0.717, 1.165) is 18.9 Å². The highest BCUT2D eigenvalue weighted by atomic mass is 35.5. The summed E-state index contributed by atoms with van der Waals surface area (Å²) >= 11 is 6.15. The molecule has 0 spiro atoms. The minimum Gasteiger partial charge on any atom is -0.393 e. The number of halogens is 4. The van der Waals surface area contributed by atoms with Gasteiger partial charge < -0.3 is 15.5 Å². The molecule has 0 saturated heterocycles. The number of nitrogens with one attached hydrogen (secondary N) is 1. The van der Waals surface area contributed by atoms with E-state index in [1.807, 2.05) is 0 Å². The number of rotatable bonds is 6. The van der Waals surface area contributed by atoms with E-state index in [-0.39, 0.29) is 51.3 Å². The Morgan fingerprint density at radius 2 is 1.68 bits per heavy atom. The topological polar surface area (TPSA) is 104 Å². The Kier molecular flexibility index (Phi) is 6.71. The number of hydrogen-bond donors (Lipinski definition) is 3. The summed E-state index contributed by atoms with van der Waals surface area (Å²) in [6, 6.07) is 4.82. The van der Waals surface area contributed by atoms with E-state index in [4.69, 9.17) is 11.6 Å². The smallest absolute Gasteiger partial charge is 0.255 e. The minimum atomic E-state index is -3.93. The third-order valence-corrected chi connectivity index (χ3v) is 9.15. The van der Waals surface area contributed by atoms with Gasteiger partial charge >= 0.3 is 0 Å². The lowest BCUT2D eigenvalue weighted by molar-refractivity contribution is -0.0736. The summed E-state index contributed by atoms with van der Waals surface area (Å²) in [5.41, 5.74) is -1.65. The van der Waals surface area contributed by atoms with Crippen molar-refractivity contribution in [1.29, 1.82) is 0 Å². The minimum absolute atomic E-state index is 0.0563. The van der Waals surface area contributed by atoms with Crippen molar-refractivity contribution in [1.82, 2.24) is 0 Å². The molecule has 34 heavy (non-hydrogen) atoms. The summed E-state index contributed by atoms with van der Waals surface area (Å²) in [6.07, 6.45) is 2.16. The Morgan fingerprint density at radius 3 is 2.24 bits per heavy atom. The lowest BCUT2D eigenvalue weighted by atomic mass is 9.72. The predicted molar refractivity (Wildman–Crippen MR) is 119 cm³/mol. The van der Waals surface area contributed by atoms with E-state index >= 15 is 0 Å². The molecule has 0 heterocycles. The zero-order chi connectivity index (χ0) is 24.8. The highest BCUT2D eigenvalue weighted by Gasteiger charge is 2.49. The summed E-state index contributed by atoms with van der Waals surface area (Å²) in [5.74, 6) is -6.04. The summed E-state index contributed by atoms with van der Waals surface area (Å²) in [7, 11) is -3.93. The number of hydrogen-bond acceptors (Lipinski definition) is 5. The van der Waals surface area contributed by atoms with Gasteiger partial charge in [0, 0.05) is 23.4 Å². The number of carbonyl (C=O) groups excluding carboxylic acids is 1. The molecule has 0 radical (unpaired) electrons. The van der Waals surface area contributed by atoms with Crippen LogP contribution in [-0.2, 0) is 9.84 Å². The van der Waals surface area contributed by atoms with Gasteiger partial charge in [-0.25, -0.2) is 21.6 Å². The average molecular weight is 518 g/mol. The van der Waals surface area contributed by atoms with Crippen molar-refractivity contribution in [2.45, 2.75) is 36.2 Å². The van der Waals surface area contributed by atoms with Crippen molar-refractivity contribution in [2.75, 3.05) is 17.7 Å². The maximum atomic E-state index is 13.4. The van der Waals surface area contributed by atoms with Crippen LogP contribution in [0.4, 0.5) is 18.9 Å². The maximum absolute atomic E-state index is 13.4. The molecular formula is C23H23ClF3NO5S. The van der Waals surface area contributed by atoms with Gasteiger partial charge in [0.1, 0.15) is 0 Å². The molecule has 2 aliphatic rings. The summed E-state index contributed by atoms with van der Waals surface area (Å²) in [4.78, 5) is 12.3. The van der Waals surface area contributed by atoms with Crippen LogP contribution in [0.1, 0.15) is 36.0 Å². The SMILES string of the molecule is O=C(Nc1cc(F)c(F)c(F)c1)c1ccc(Cl)c(S(=O)(=O)C[C@H]2C3CCC2C[C@@](O)(CO)C3)c1. The first-order valence-electron chi connectivity index (χ1n) is 10.7. The molecule has 2 fully saturated rings. The Hall–Kier alpha value is -2.14. The third-order valence-electron chi connectivity index (χ3n) is 6.88. The lowest BCUT2D eigenvalue weighted by Crippen LogP contribution is -2.44. The van der Waals surface area contributed by atoms with Gasteiger partial charge in [-0.2, -0.15) is 0 Å². The molecular weight excluding hydrogens is 495 g/mol. The van der Waals surface area contributed by atoms with Gasteiger partial charge in [0.15, 0.2) is 27.3 Å². The number of sulfone groups is 1. The van der Waals surface area contributed by atoms with Crippen LogP contribution in [0.3, 0.4) is 0 Å². The second-order valence-corrected chi connectivity index (χ2v) is 11.6. The second-order valence-electron chi connectivity index (χ2n) is 9.19. The van der Waals surface area contributed by atoms with Crippen molar-refractivity contribution < 1.29 is 36.6 Å². The Morgan fingerprint density at radius 1 is 1.09 bits per heavy atom.